The first-order valence-electron chi connectivity index (χ1n) is 7.84. The first kappa shape index (κ1) is 14.3. The molecule has 2 aromatic carbocycles. The van der Waals surface area contributed by atoms with Gasteiger partial charge in [-0.25, -0.2) is 0 Å². The molecule has 0 atom stereocenters. The summed E-state index contributed by atoms with van der Waals surface area (Å²) < 4.78 is 5.88. The van der Waals surface area contributed by atoms with Gasteiger partial charge in [0.25, 0.3) is 0 Å². The van der Waals surface area contributed by atoms with Crippen molar-refractivity contribution in [2.75, 3.05) is 19.7 Å². The molecule has 3 rings (SSSR count). The van der Waals surface area contributed by atoms with E-state index in [1.165, 1.54) is 29.5 Å². The Kier molecular flexibility index (Phi) is 5.03. The summed E-state index contributed by atoms with van der Waals surface area (Å²) in [5, 5.41) is 3.39. The molecular formula is C19H23NO. The lowest BCUT2D eigenvalue weighted by Crippen LogP contribution is -2.29. The second-order valence-electron chi connectivity index (χ2n) is 5.77. The largest absolute Gasteiger partial charge is 0.376 e. The van der Waals surface area contributed by atoms with Gasteiger partial charge < -0.3 is 10.1 Å². The highest BCUT2D eigenvalue weighted by atomic mass is 16.5. The molecule has 1 saturated heterocycles. The summed E-state index contributed by atoms with van der Waals surface area (Å²) >= 11 is 0. The summed E-state index contributed by atoms with van der Waals surface area (Å²) in [5.41, 5.74) is 3.78. The van der Waals surface area contributed by atoms with Crippen LogP contribution in [0.25, 0.3) is 11.1 Å². The van der Waals surface area contributed by atoms with Gasteiger partial charge in [0.1, 0.15) is 0 Å². The normalized spacial score (nSPS) is 16.0. The quantitative estimate of drug-likeness (QED) is 0.898. The van der Waals surface area contributed by atoms with E-state index in [0.29, 0.717) is 0 Å². The highest BCUT2D eigenvalue weighted by molar-refractivity contribution is 5.63. The number of ether oxygens (including phenoxy) is 1. The number of hydrogen-bond donors (Lipinski definition) is 1. The van der Waals surface area contributed by atoms with Crippen LogP contribution >= 0.6 is 0 Å². The van der Waals surface area contributed by atoms with Crippen molar-refractivity contribution < 1.29 is 4.74 Å². The Balaban J connectivity index is 1.50. The van der Waals surface area contributed by atoms with E-state index >= 15 is 0 Å². The van der Waals surface area contributed by atoms with Crippen LogP contribution in [0.15, 0.2) is 54.6 Å². The molecule has 110 valence electrons. The zero-order chi connectivity index (χ0) is 14.3. The second kappa shape index (κ2) is 7.39. The van der Waals surface area contributed by atoms with Crippen molar-refractivity contribution in [3.05, 3.63) is 60.2 Å². The third-order valence-electron chi connectivity index (χ3n) is 4.14. The molecule has 1 N–H and O–H groups in total. The van der Waals surface area contributed by atoms with Crippen molar-refractivity contribution in [1.82, 2.24) is 5.32 Å². The van der Waals surface area contributed by atoms with Crippen molar-refractivity contribution in [2.24, 2.45) is 5.92 Å². The lowest BCUT2D eigenvalue weighted by atomic mass is 9.99. The molecule has 0 bridgehead atoms. The van der Waals surface area contributed by atoms with E-state index in [1.54, 1.807) is 0 Å². The Morgan fingerprint density at radius 2 is 1.52 bits per heavy atom. The van der Waals surface area contributed by atoms with Crippen molar-refractivity contribution in [3.8, 4) is 11.1 Å². The summed E-state index contributed by atoms with van der Waals surface area (Å²) in [7, 11) is 0. The van der Waals surface area contributed by atoms with Gasteiger partial charge in [0.05, 0.1) is 6.61 Å². The number of piperidine rings is 1. The molecule has 0 aromatic heterocycles. The van der Waals surface area contributed by atoms with Crippen LogP contribution in [0.5, 0.6) is 0 Å². The van der Waals surface area contributed by atoms with E-state index in [1.807, 2.05) is 6.07 Å². The van der Waals surface area contributed by atoms with Gasteiger partial charge >= 0.3 is 0 Å². The number of benzene rings is 2. The molecule has 0 spiro atoms. The summed E-state index contributed by atoms with van der Waals surface area (Å²) in [5.74, 6) is 0.731. The Labute approximate surface area is 127 Å². The minimum absolute atomic E-state index is 0.721. The van der Waals surface area contributed by atoms with E-state index in [0.717, 1.165) is 32.2 Å². The van der Waals surface area contributed by atoms with Crippen molar-refractivity contribution in [1.29, 1.82) is 0 Å². The fraction of sp³-hybridized carbons (Fsp3) is 0.368. The maximum absolute atomic E-state index is 5.88. The highest BCUT2D eigenvalue weighted by Crippen LogP contribution is 2.20. The Bertz CT molecular complexity index is 529. The predicted octanol–water partition coefficient (Wildman–Crippen LogP) is 3.87. The average molecular weight is 281 g/mol. The molecule has 1 aliphatic rings. The van der Waals surface area contributed by atoms with E-state index in [2.05, 4.69) is 53.8 Å². The van der Waals surface area contributed by atoms with Gasteiger partial charge in [-0.2, -0.15) is 0 Å². The highest BCUT2D eigenvalue weighted by Gasteiger charge is 2.12. The molecule has 0 aliphatic carbocycles. The Morgan fingerprint density at radius 3 is 2.24 bits per heavy atom. The molecular weight excluding hydrogens is 258 g/mol. The number of rotatable bonds is 5. The van der Waals surface area contributed by atoms with Crippen LogP contribution in [0.1, 0.15) is 18.4 Å². The summed E-state index contributed by atoms with van der Waals surface area (Å²) in [6.07, 6.45) is 2.49. The van der Waals surface area contributed by atoms with Crippen molar-refractivity contribution >= 4 is 0 Å². The van der Waals surface area contributed by atoms with Gasteiger partial charge in [-0.05, 0) is 48.5 Å². The lowest BCUT2D eigenvalue weighted by molar-refractivity contribution is 0.0763. The van der Waals surface area contributed by atoms with E-state index < -0.39 is 0 Å². The minimum atomic E-state index is 0.721. The summed E-state index contributed by atoms with van der Waals surface area (Å²) in [6.45, 7) is 3.89. The van der Waals surface area contributed by atoms with Gasteiger partial charge in [0, 0.05) is 6.61 Å². The van der Waals surface area contributed by atoms with Gasteiger partial charge in [0.15, 0.2) is 0 Å². The molecule has 0 radical (unpaired) electrons. The second-order valence-corrected chi connectivity index (χ2v) is 5.77. The molecule has 21 heavy (non-hydrogen) atoms. The molecule has 0 amide bonds. The number of nitrogens with one attached hydrogen (secondary N) is 1. The molecule has 1 aliphatic heterocycles. The van der Waals surface area contributed by atoms with Crippen LogP contribution in [0.4, 0.5) is 0 Å². The van der Waals surface area contributed by atoms with Crippen LogP contribution < -0.4 is 5.32 Å². The first-order valence-corrected chi connectivity index (χ1v) is 7.84. The fourth-order valence-electron chi connectivity index (χ4n) is 2.82. The zero-order valence-corrected chi connectivity index (χ0v) is 12.4. The predicted molar refractivity (Wildman–Crippen MR) is 87.1 cm³/mol. The van der Waals surface area contributed by atoms with Gasteiger partial charge in [-0.1, -0.05) is 54.6 Å². The van der Waals surface area contributed by atoms with Gasteiger partial charge in [-0.15, -0.1) is 0 Å². The zero-order valence-electron chi connectivity index (χ0n) is 12.4. The molecule has 0 unspecified atom stereocenters. The Morgan fingerprint density at radius 1 is 0.857 bits per heavy atom. The summed E-state index contributed by atoms with van der Waals surface area (Å²) in [4.78, 5) is 0. The van der Waals surface area contributed by atoms with Crippen molar-refractivity contribution in [2.45, 2.75) is 19.4 Å². The molecule has 1 fully saturated rings. The standard InChI is InChI=1S/C19H23NO/c1-2-4-18(5-3-1)19-8-6-16(7-9-19)14-21-15-17-10-12-20-13-11-17/h1-9,17,20H,10-15H2. The van der Waals surface area contributed by atoms with Crippen LogP contribution in [0, 0.1) is 5.92 Å². The molecule has 2 heteroatoms. The fourth-order valence-corrected chi connectivity index (χ4v) is 2.82. The minimum Gasteiger partial charge on any atom is -0.376 e. The monoisotopic (exact) mass is 281 g/mol. The maximum Gasteiger partial charge on any atom is 0.0717 e. The molecule has 1 heterocycles. The summed E-state index contributed by atoms with van der Waals surface area (Å²) in [6, 6.07) is 19.2. The smallest absolute Gasteiger partial charge is 0.0717 e. The van der Waals surface area contributed by atoms with Crippen molar-refractivity contribution in [3.63, 3.8) is 0 Å². The molecule has 0 saturated carbocycles. The molecule has 2 nitrogen and oxygen atoms in total. The maximum atomic E-state index is 5.88. The van der Waals surface area contributed by atoms with Crippen LogP contribution in [0.2, 0.25) is 0 Å². The molecule has 2 aromatic rings. The third kappa shape index (κ3) is 4.16. The van der Waals surface area contributed by atoms with E-state index in [4.69, 9.17) is 4.74 Å². The van der Waals surface area contributed by atoms with Gasteiger partial charge in [0.2, 0.25) is 0 Å². The third-order valence-corrected chi connectivity index (χ3v) is 4.14. The average Bonchev–Trinajstić information content (AvgIpc) is 2.57. The van der Waals surface area contributed by atoms with Gasteiger partial charge in [-0.3, -0.25) is 0 Å². The van der Waals surface area contributed by atoms with Crippen LogP contribution in [-0.4, -0.2) is 19.7 Å². The number of hydrogen-bond acceptors (Lipinski definition) is 2. The SMILES string of the molecule is c1ccc(-c2ccc(COCC3CCNCC3)cc2)cc1. The van der Waals surface area contributed by atoms with E-state index in [-0.39, 0.29) is 0 Å². The lowest BCUT2D eigenvalue weighted by Gasteiger charge is -2.22. The topological polar surface area (TPSA) is 21.3 Å². The Hall–Kier alpha value is -1.64. The van der Waals surface area contributed by atoms with E-state index in [9.17, 15) is 0 Å². The van der Waals surface area contributed by atoms with Crippen LogP contribution in [0.3, 0.4) is 0 Å². The first-order chi connectivity index (χ1) is 10.4. The van der Waals surface area contributed by atoms with Crippen LogP contribution in [-0.2, 0) is 11.3 Å².